The molecule has 0 bridgehead atoms. The molecule has 0 aliphatic rings. The Labute approximate surface area is 218 Å². The average molecular weight is 524 g/mol. The molecule has 0 saturated carbocycles. The van der Waals surface area contributed by atoms with Crippen molar-refractivity contribution in [2.75, 3.05) is 19.5 Å². The first-order chi connectivity index (χ1) is 17.3. The lowest BCUT2D eigenvalue weighted by Crippen LogP contribution is -2.25. The summed E-state index contributed by atoms with van der Waals surface area (Å²) in [6, 6.07) is 13.5. The lowest BCUT2D eigenvalue weighted by Gasteiger charge is -2.16. The van der Waals surface area contributed by atoms with Crippen LogP contribution in [0.15, 0.2) is 57.8 Å². The number of anilines is 1. The third-order valence-corrected chi connectivity index (χ3v) is 8.01. The topological polar surface area (TPSA) is 93.3 Å². The number of nitrogens with one attached hydrogen (secondary N) is 2. The van der Waals surface area contributed by atoms with Crippen LogP contribution in [0, 0.1) is 0 Å². The Balaban J connectivity index is 1.57. The molecule has 0 radical (unpaired) electrons. The van der Waals surface area contributed by atoms with Crippen LogP contribution in [-0.4, -0.2) is 35.3 Å². The van der Waals surface area contributed by atoms with E-state index >= 15 is 0 Å². The van der Waals surface area contributed by atoms with Crippen molar-refractivity contribution in [2.45, 2.75) is 43.5 Å². The number of carbonyl (C=O) groups excluding carboxylic acids is 1. The van der Waals surface area contributed by atoms with Gasteiger partial charge in [0.2, 0.25) is 5.91 Å². The summed E-state index contributed by atoms with van der Waals surface area (Å²) in [6.45, 7) is 6.22. The van der Waals surface area contributed by atoms with Crippen LogP contribution >= 0.6 is 23.1 Å². The molecule has 1 amide bonds. The fourth-order valence-electron chi connectivity index (χ4n) is 3.83. The molecule has 2 aromatic carbocycles. The molecule has 2 N–H and O–H groups in total. The number of H-pyrrole nitrogens is 1. The highest BCUT2D eigenvalue weighted by molar-refractivity contribution is 8.00. The van der Waals surface area contributed by atoms with Crippen molar-refractivity contribution in [3.63, 3.8) is 0 Å². The molecule has 4 rings (SSSR count). The molecule has 0 fully saturated rings. The van der Waals surface area contributed by atoms with Gasteiger partial charge in [0.15, 0.2) is 5.16 Å². The number of hydrogen-bond donors (Lipinski definition) is 2. The maximum absolute atomic E-state index is 13.1. The molecule has 1 atom stereocenters. The van der Waals surface area contributed by atoms with E-state index < -0.39 is 5.25 Å². The van der Waals surface area contributed by atoms with Crippen molar-refractivity contribution in [3.05, 3.63) is 63.8 Å². The van der Waals surface area contributed by atoms with Gasteiger partial charge in [-0.2, -0.15) is 0 Å². The van der Waals surface area contributed by atoms with Crippen LogP contribution < -0.4 is 20.3 Å². The molecule has 0 aliphatic carbocycles. The van der Waals surface area contributed by atoms with Gasteiger partial charge >= 0.3 is 0 Å². The number of rotatable bonds is 9. The third kappa shape index (κ3) is 5.42. The molecular formula is C27H29N3O4S2. The number of nitrogens with zero attached hydrogens (tertiary/aromatic N) is 1. The average Bonchev–Trinajstić information content (AvgIpc) is 3.31. The van der Waals surface area contributed by atoms with Gasteiger partial charge in [-0.15, -0.1) is 11.3 Å². The predicted molar refractivity (Wildman–Crippen MR) is 148 cm³/mol. The van der Waals surface area contributed by atoms with Crippen molar-refractivity contribution in [1.29, 1.82) is 0 Å². The van der Waals surface area contributed by atoms with Crippen LogP contribution in [0.3, 0.4) is 0 Å². The molecular weight excluding hydrogens is 494 g/mol. The van der Waals surface area contributed by atoms with Gasteiger partial charge < -0.3 is 19.8 Å². The number of methoxy groups -OCH3 is 2. The van der Waals surface area contributed by atoms with Crippen molar-refractivity contribution < 1.29 is 14.3 Å². The predicted octanol–water partition coefficient (Wildman–Crippen LogP) is 6.30. The molecule has 4 aromatic rings. The van der Waals surface area contributed by atoms with Gasteiger partial charge in [-0.25, -0.2) is 4.98 Å². The smallest absolute Gasteiger partial charge is 0.260 e. The summed E-state index contributed by atoms with van der Waals surface area (Å²) >= 11 is 2.66. The Kier molecular flexibility index (Phi) is 8.01. The highest BCUT2D eigenvalue weighted by atomic mass is 32.2. The van der Waals surface area contributed by atoms with Crippen molar-refractivity contribution >= 4 is 44.9 Å². The Morgan fingerprint density at radius 1 is 1.14 bits per heavy atom. The minimum atomic E-state index is -0.468. The summed E-state index contributed by atoms with van der Waals surface area (Å²) in [5, 5.41) is 5.39. The van der Waals surface area contributed by atoms with Crippen molar-refractivity contribution in [3.8, 4) is 22.6 Å². The van der Waals surface area contributed by atoms with E-state index in [9.17, 15) is 9.59 Å². The lowest BCUT2D eigenvalue weighted by atomic mass is 9.99. The first-order valence-electron chi connectivity index (χ1n) is 11.7. The standard InChI is InChI=1S/C27H29N3O4S2/c1-6-22(24(31)28-20-13-18(33-4)11-12-21(20)34-5)36-27-29-25(32)23-19(14-35-26(23)30-27)17-9-7-16(8-10-17)15(2)3/h7-15,22H,6H2,1-5H3,(H,28,31)(H,29,30,32). The second-order valence-corrected chi connectivity index (χ2v) is 10.6. The van der Waals surface area contributed by atoms with Gasteiger partial charge in [0, 0.05) is 17.0 Å². The summed E-state index contributed by atoms with van der Waals surface area (Å²) in [7, 11) is 3.11. The molecule has 36 heavy (non-hydrogen) atoms. The quantitative estimate of drug-likeness (QED) is 0.197. The van der Waals surface area contributed by atoms with Crippen LogP contribution in [0.5, 0.6) is 11.5 Å². The number of carbonyl (C=O) groups is 1. The number of amides is 1. The van der Waals surface area contributed by atoms with Gasteiger partial charge in [0.1, 0.15) is 16.3 Å². The fraction of sp³-hybridized carbons (Fsp3) is 0.296. The molecule has 0 saturated heterocycles. The van der Waals surface area contributed by atoms with Crippen LogP contribution in [0.25, 0.3) is 21.3 Å². The zero-order chi connectivity index (χ0) is 25.8. The van der Waals surface area contributed by atoms with E-state index in [0.29, 0.717) is 44.9 Å². The number of benzene rings is 2. The molecule has 1 unspecified atom stereocenters. The molecule has 9 heteroatoms. The van der Waals surface area contributed by atoms with Gasteiger partial charge in [0.25, 0.3) is 5.56 Å². The number of thioether (sulfide) groups is 1. The SMILES string of the molecule is CCC(Sc1nc2scc(-c3ccc(C(C)C)cc3)c2c(=O)[nH]1)C(=O)Nc1cc(OC)ccc1OC. The molecule has 7 nitrogen and oxygen atoms in total. The Hall–Kier alpha value is -3.30. The van der Waals surface area contributed by atoms with Gasteiger partial charge in [-0.05, 0) is 35.6 Å². The summed E-state index contributed by atoms with van der Waals surface area (Å²) in [5.41, 5.74) is 3.40. The zero-order valence-corrected chi connectivity index (χ0v) is 22.5. The number of aromatic amines is 1. The first-order valence-corrected chi connectivity index (χ1v) is 13.4. The molecule has 2 heterocycles. The van der Waals surface area contributed by atoms with Gasteiger partial charge in [-0.1, -0.05) is 56.8 Å². The molecule has 0 aliphatic heterocycles. The van der Waals surface area contributed by atoms with Gasteiger partial charge in [0.05, 0.1) is 30.5 Å². The Morgan fingerprint density at radius 3 is 2.53 bits per heavy atom. The Morgan fingerprint density at radius 2 is 1.89 bits per heavy atom. The molecule has 0 spiro atoms. The monoisotopic (exact) mass is 523 g/mol. The van der Waals surface area contributed by atoms with Gasteiger partial charge in [-0.3, -0.25) is 9.59 Å². The maximum atomic E-state index is 13.1. The minimum absolute atomic E-state index is 0.212. The van der Waals surface area contributed by atoms with E-state index in [1.807, 2.05) is 24.4 Å². The van der Waals surface area contributed by atoms with E-state index in [2.05, 4.69) is 41.3 Å². The minimum Gasteiger partial charge on any atom is -0.497 e. The summed E-state index contributed by atoms with van der Waals surface area (Å²) in [6.07, 6.45) is 0.544. The normalized spacial score (nSPS) is 12.1. The van der Waals surface area contributed by atoms with E-state index in [4.69, 9.17) is 9.47 Å². The second-order valence-electron chi connectivity index (χ2n) is 8.55. The highest BCUT2D eigenvalue weighted by Gasteiger charge is 2.22. The molecule has 2 aromatic heterocycles. The van der Waals surface area contributed by atoms with Crippen molar-refractivity contribution in [2.24, 2.45) is 0 Å². The number of ether oxygens (including phenoxy) is 2. The van der Waals surface area contributed by atoms with Crippen molar-refractivity contribution in [1.82, 2.24) is 9.97 Å². The summed E-state index contributed by atoms with van der Waals surface area (Å²) in [4.78, 5) is 34.4. The largest absolute Gasteiger partial charge is 0.497 e. The number of aromatic nitrogens is 2. The Bertz CT molecular complexity index is 1430. The van der Waals surface area contributed by atoms with Crippen LogP contribution in [0.2, 0.25) is 0 Å². The number of hydrogen-bond acceptors (Lipinski definition) is 7. The third-order valence-electron chi connectivity index (χ3n) is 5.89. The van der Waals surface area contributed by atoms with E-state index in [1.54, 1.807) is 32.4 Å². The van der Waals surface area contributed by atoms with E-state index in [-0.39, 0.29) is 11.5 Å². The van der Waals surface area contributed by atoms with Crippen LogP contribution in [-0.2, 0) is 4.79 Å². The van der Waals surface area contributed by atoms with E-state index in [1.165, 1.54) is 28.7 Å². The second kappa shape index (κ2) is 11.2. The van der Waals surface area contributed by atoms with Crippen LogP contribution in [0.4, 0.5) is 5.69 Å². The maximum Gasteiger partial charge on any atom is 0.260 e. The highest BCUT2D eigenvalue weighted by Crippen LogP contribution is 2.34. The summed E-state index contributed by atoms with van der Waals surface area (Å²) < 4.78 is 10.6. The molecule has 188 valence electrons. The number of fused-ring (bicyclic) bond motifs is 1. The lowest BCUT2D eigenvalue weighted by molar-refractivity contribution is -0.115. The number of thiophene rings is 1. The first kappa shape index (κ1) is 25.8. The zero-order valence-electron chi connectivity index (χ0n) is 20.9. The summed E-state index contributed by atoms with van der Waals surface area (Å²) in [5.74, 6) is 1.37. The van der Waals surface area contributed by atoms with E-state index in [0.717, 1.165) is 11.1 Å². The fourth-order valence-corrected chi connectivity index (χ4v) is 5.73. The van der Waals surface area contributed by atoms with Crippen LogP contribution in [0.1, 0.15) is 38.7 Å².